The average molecular weight is 454 g/mol. The van der Waals surface area contributed by atoms with Crippen molar-refractivity contribution in [3.05, 3.63) is 100 Å². The molecule has 1 aliphatic rings. The van der Waals surface area contributed by atoms with E-state index in [0.29, 0.717) is 6.61 Å². The summed E-state index contributed by atoms with van der Waals surface area (Å²) in [6, 6.07) is 25.9. The maximum atomic E-state index is 6.02. The molecule has 0 radical (unpaired) electrons. The van der Waals surface area contributed by atoms with Gasteiger partial charge >= 0.3 is 0 Å². The highest BCUT2D eigenvalue weighted by Gasteiger charge is 2.19. The van der Waals surface area contributed by atoms with E-state index in [-0.39, 0.29) is 0 Å². The van der Waals surface area contributed by atoms with Gasteiger partial charge in [0.2, 0.25) is 0 Å². The summed E-state index contributed by atoms with van der Waals surface area (Å²) < 4.78 is 0. The van der Waals surface area contributed by atoms with Crippen LogP contribution in [-0.2, 0) is 11.4 Å². The Bertz CT molecular complexity index is 984. The molecule has 0 bridgehead atoms. The van der Waals surface area contributed by atoms with Crippen LogP contribution in [0.2, 0.25) is 10.0 Å². The molecule has 1 fully saturated rings. The molecular weight excluding hydrogens is 429 g/mol. The van der Waals surface area contributed by atoms with E-state index in [4.69, 9.17) is 28.0 Å². The van der Waals surface area contributed by atoms with Crippen LogP contribution in [0, 0.1) is 0 Å². The van der Waals surface area contributed by atoms with Gasteiger partial charge in [-0.3, -0.25) is 4.90 Å². The first-order valence-electron chi connectivity index (χ1n) is 10.4. The molecule has 0 aliphatic carbocycles. The van der Waals surface area contributed by atoms with Gasteiger partial charge in [0.1, 0.15) is 12.3 Å². The summed E-state index contributed by atoms with van der Waals surface area (Å²) in [5.74, 6) is 0. The van der Waals surface area contributed by atoms with Gasteiger partial charge in [-0.1, -0.05) is 70.8 Å². The lowest BCUT2D eigenvalue weighted by Gasteiger charge is -2.36. The van der Waals surface area contributed by atoms with Gasteiger partial charge in [0.25, 0.3) is 0 Å². The van der Waals surface area contributed by atoms with Crippen molar-refractivity contribution < 1.29 is 4.84 Å². The normalized spacial score (nSPS) is 15.2. The Kier molecular flexibility index (Phi) is 7.47. The number of rotatable bonds is 7. The van der Waals surface area contributed by atoms with Crippen LogP contribution < -0.4 is 4.90 Å². The fraction of sp³-hybridized carbons (Fsp3) is 0.240. The van der Waals surface area contributed by atoms with Crippen LogP contribution in [0.1, 0.15) is 11.1 Å². The van der Waals surface area contributed by atoms with Crippen molar-refractivity contribution in [1.29, 1.82) is 0 Å². The van der Waals surface area contributed by atoms with Crippen LogP contribution in [-0.4, -0.2) is 43.3 Å². The van der Waals surface area contributed by atoms with Crippen molar-refractivity contribution in [2.45, 2.75) is 6.61 Å². The van der Waals surface area contributed by atoms with Crippen molar-refractivity contribution in [1.82, 2.24) is 4.90 Å². The molecular formula is C25H25Cl2N3O. The van der Waals surface area contributed by atoms with Gasteiger partial charge in [-0.25, -0.2) is 0 Å². The van der Waals surface area contributed by atoms with Gasteiger partial charge in [-0.15, -0.1) is 0 Å². The zero-order valence-electron chi connectivity index (χ0n) is 17.3. The Hall–Kier alpha value is -2.53. The van der Waals surface area contributed by atoms with Gasteiger partial charge in [0.05, 0.1) is 0 Å². The molecule has 3 aromatic rings. The minimum absolute atomic E-state index is 0.415. The van der Waals surface area contributed by atoms with Crippen LogP contribution in [0.25, 0.3) is 0 Å². The average Bonchev–Trinajstić information content (AvgIpc) is 2.81. The number of anilines is 1. The summed E-state index contributed by atoms with van der Waals surface area (Å²) in [6.45, 7) is 5.03. The van der Waals surface area contributed by atoms with E-state index in [9.17, 15) is 0 Å². The monoisotopic (exact) mass is 453 g/mol. The standard InChI is InChI=1S/C25H25Cl2N3O/c26-22-8-6-20(7-9-22)19-31-28-25(21-4-2-1-3-5-21)18-29-14-16-30(17-15-29)24-12-10-23(27)11-13-24/h1-13H,14-19H2/b28-25-. The van der Waals surface area contributed by atoms with E-state index in [0.717, 1.165) is 59.6 Å². The highest BCUT2D eigenvalue weighted by Crippen LogP contribution is 2.20. The Morgan fingerprint density at radius 1 is 0.774 bits per heavy atom. The van der Waals surface area contributed by atoms with Crippen LogP contribution in [0.5, 0.6) is 0 Å². The molecule has 0 unspecified atom stereocenters. The van der Waals surface area contributed by atoms with E-state index in [1.54, 1.807) is 0 Å². The fourth-order valence-corrected chi connectivity index (χ4v) is 3.85. The summed E-state index contributed by atoms with van der Waals surface area (Å²) in [5.41, 5.74) is 4.28. The third kappa shape index (κ3) is 6.23. The van der Waals surface area contributed by atoms with Crippen LogP contribution in [0.4, 0.5) is 5.69 Å². The zero-order valence-corrected chi connectivity index (χ0v) is 18.8. The molecule has 6 heteroatoms. The molecule has 3 aromatic carbocycles. The van der Waals surface area contributed by atoms with Crippen molar-refractivity contribution in [2.75, 3.05) is 37.6 Å². The number of hydrogen-bond donors (Lipinski definition) is 0. The first kappa shape index (κ1) is 21.7. The minimum atomic E-state index is 0.415. The van der Waals surface area contributed by atoms with Crippen molar-refractivity contribution in [2.24, 2.45) is 5.16 Å². The number of benzene rings is 3. The van der Waals surface area contributed by atoms with E-state index < -0.39 is 0 Å². The summed E-state index contributed by atoms with van der Waals surface area (Å²) in [4.78, 5) is 10.5. The maximum absolute atomic E-state index is 6.02. The quantitative estimate of drug-likeness (QED) is 0.337. The summed E-state index contributed by atoms with van der Waals surface area (Å²) in [5, 5.41) is 5.99. The van der Waals surface area contributed by atoms with Gasteiger partial charge < -0.3 is 9.74 Å². The summed E-state index contributed by atoms with van der Waals surface area (Å²) in [6.07, 6.45) is 0. The molecule has 1 heterocycles. The summed E-state index contributed by atoms with van der Waals surface area (Å²) >= 11 is 12.0. The lowest BCUT2D eigenvalue weighted by Crippen LogP contribution is -2.48. The van der Waals surface area contributed by atoms with E-state index in [2.05, 4.69) is 39.2 Å². The van der Waals surface area contributed by atoms with Crippen LogP contribution in [0.15, 0.2) is 84.0 Å². The lowest BCUT2D eigenvalue weighted by molar-refractivity contribution is 0.129. The number of oxime groups is 1. The molecule has 1 aliphatic heterocycles. The van der Waals surface area contributed by atoms with E-state index in [1.165, 1.54) is 5.69 Å². The molecule has 160 valence electrons. The maximum Gasteiger partial charge on any atom is 0.142 e. The smallest absolute Gasteiger partial charge is 0.142 e. The molecule has 0 spiro atoms. The molecule has 4 nitrogen and oxygen atoms in total. The first-order chi connectivity index (χ1) is 15.2. The third-order valence-electron chi connectivity index (χ3n) is 5.36. The second-order valence-electron chi connectivity index (χ2n) is 7.54. The largest absolute Gasteiger partial charge is 0.391 e. The Balaban J connectivity index is 1.38. The first-order valence-corrected chi connectivity index (χ1v) is 11.1. The Morgan fingerprint density at radius 2 is 1.39 bits per heavy atom. The van der Waals surface area contributed by atoms with E-state index >= 15 is 0 Å². The highest BCUT2D eigenvalue weighted by molar-refractivity contribution is 6.30. The number of hydrogen-bond acceptors (Lipinski definition) is 4. The van der Waals surface area contributed by atoms with Gasteiger partial charge in [-0.2, -0.15) is 0 Å². The molecule has 1 saturated heterocycles. The number of piperazine rings is 1. The molecule has 0 N–H and O–H groups in total. The highest BCUT2D eigenvalue weighted by atomic mass is 35.5. The number of halogens is 2. The predicted molar refractivity (Wildman–Crippen MR) is 129 cm³/mol. The predicted octanol–water partition coefficient (Wildman–Crippen LogP) is 5.74. The fourth-order valence-electron chi connectivity index (χ4n) is 3.60. The minimum Gasteiger partial charge on any atom is -0.391 e. The van der Waals surface area contributed by atoms with E-state index in [1.807, 2.05) is 54.6 Å². The van der Waals surface area contributed by atoms with Crippen molar-refractivity contribution in [3.63, 3.8) is 0 Å². The molecule has 0 amide bonds. The third-order valence-corrected chi connectivity index (χ3v) is 5.87. The number of nitrogens with zero attached hydrogens (tertiary/aromatic N) is 3. The van der Waals surface area contributed by atoms with Crippen molar-refractivity contribution >= 4 is 34.6 Å². The van der Waals surface area contributed by atoms with Gasteiger partial charge in [-0.05, 0) is 42.0 Å². The van der Waals surface area contributed by atoms with Crippen LogP contribution in [0.3, 0.4) is 0 Å². The molecule has 0 aromatic heterocycles. The van der Waals surface area contributed by atoms with Crippen molar-refractivity contribution in [3.8, 4) is 0 Å². The molecule has 31 heavy (non-hydrogen) atoms. The molecule has 4 rings (SSSR count). The topological polar surface area (TPSA) is 28.1 Å². The SMILES string of the molecule is Clc1ccc(CO/N=C(/CN2CCN(c3ccc(Cl)cc3)CC2)c2ccccc2)cc1. The Morgan fingerprint density at radius 3 is 2.03 bits per heavy atom. The molecule has 0 atom stereocenters. The zero-order chi connectivity index (χ0) is 21.5. The summed E-state index contributed by atoms with van der Waals surface area (Å²) in [7, 11) is 0. The van der Waals surface area contributed by atoms with Gasteiger partial charge in [0, 0.05) is 54.0 Å². The second-order valence-corrected chi connectivity index (χ2v) is 8.42. The van der Waals surface area contributed by atoms with Crippen LogP contribution >= 0.6 is 23.2 Å². The second kappa shape index (κ2) is 10.7. The lowest BCUT2D eigenvalue weighted by atomic mass is 10.1. The molecule has 0 saturated carbocycles. The Labute approximate surface area is 193 Å². The van der Waals surface area contributed by atoms with Gasteiger partial charge in [0.15, 0.2) is 0 Å².